The lowest BCUT2D eigenvalue weighted by Crippen LogP contribution is -1.84. The third kappa shape index (κ3) is 1.08. The molecule has 0 saturated heterocycles. The highest BCUT2D eigenvalue weighted by Gasteiger charge is 2.18. The van der Waals surface area contributed by atoms with Crippen molar-refractivity contribution in [3.63, 3.8) is 0 Å². The van der Waals surface area contributed by atoms with Gasteiger partial charge in [-0.05, 0) is 18.2 Å². The average Bonchev–Trinajstić information content (AvgIpc) is 2.78. The quantitative estimate of drug-likeness (QED) is 0.700. The summed E-state index contributed by atoms with van der Waals surface area (Å²) in [4.78, 5) is 14.1. The Morgan fingerprint density at radius 2 is 2.27 bits per heavy atom. The zero-order valence-electron chi connectivity index (χ0n) is 8.45. The van der Waals surface area contributed by atoms with E-state index < -0.39 is 0 Å². The van der Waals surface area contributed by atoms with Crippen LogP contribution in [0.4, 0.5) is 0 Å². The van der Waals surface area contributed by atoms with E-state index in [-0.39, 0.29) is 0 Å². The van der Waals surface area contributed by atoms with Crippen LogP contribution in [0.3, 0.4) is 0 Å². The third-order valence-electron chi connectivity index (χ3n) is 3.04. The van der Waals surface area contributed by atoms with Gasteiger partial charge in [0, 0.05) is 33.6 Å². The first kappa shape index (κ1) is 8.48. The van der Waals surface area contributed by atoms with Gasteiger partial charge in [-0.3, -0.25) is 4.79 Å². The number of fused-ring (bicyclic) bond motifs is 3. The lowest BCUT2D eigenvalue weighted by molar-refractivity contribution is 0.112. The van der Waals surface area contributed by atoms with E-state index in [0.29, 0.717) is 5.92 Å². The van der Waals surface area contributed by atoms with Gasteiger partial charge in [0.2, 0.25) is 0 Å². The number of hydrogen-bond donors (Lipinski definition) is 1. The molecule has 0 bridgehead atoms. The number of rotatable bonds is 1. The Morgan fingerprint density at radius 1 is 1.40 bits per heavy atom. The van der Waals surface area contributed by atoms with Crippen LogP contribution in [0, 0.1) is 0 Å². The van der Waals surface area contributed by atoms with E-state index in [9.17, 15) is 4.79 Å². The van der Waals surface area contributed by atoms with Crippen LogP contribution < -0.4 is 0 Å². The predicted octanol–water partition coefficient (Wildman–Crippen LogP) is 3.11. The van der Waals surface area contributed by atoms with Crippen molar-refractivity contribution in [2.45, 2.75) is 12.8 Å². The summed E-state index contributed by atoms with van der Waals surface area (Å²) < 4.78 is 0. The van der Waals surface area contributed by atoms with E-state index >= 15 is 0 Å². The number of hydrogen-bond acceptors (Lipinski definition) is 1. The largest absolute Gasteiger partial charge is 0.357 e. The summed E-state index contributed by atoms with van der Waals surface area (Å²) in [5.74, 6) is 0.451. The molecule has 1 aliphatic rings. The maximum absolute atomic E-state index is 10.7. The second-order valence-corrected chi connectivity index (χ2v) is 4.02. The van der Waals surface area contributed by atoms with Crippen molar-refractivity contribution in [2.24, 2.45) is 0 Å². The molecule has 1 unspecified atom stereocenters. The maximum Gasteiger partial charge on any atom is 0.150 e. The van der Waals surface area contributed by atoms with Gasteiger partial charge in [-0.25, -0.2) is 0 Å². The molecule has 0 saturated carbocycles. The molecule has 2 nitrogen and oxygen atoms in total. The van der Waals surface area contributed by atoms with Crippen molar-refractivity contribution in [1.82, 2.24) is 4.98 Å². The van der Waals surface area contributed by atoms with E-state index in [1.165, 1.54) is 11.3 Å². The standard InChI is InChI=1S/C13H11NO/c1-8-2-4-10-11-6-9(7-15)3-5-12(11)14-13(8)10/h2-8,14H,1H3. The Kier molecular flexibility index (Phi) is 1.60. The monoisotopic (exact) mass is 197 g/mol. The summed E-state index contributed by atoms with van der Waals surface area (Å²) in [6.07, 6.45) is 5.20. The Hall–Kier alpha value is -1.83. The molecule has 1 N–H and O–H groups in total. The fourth-order valence-electron chi connectivity index (χ4n) is 2.20. The number of benzene rings is 1. The third-order valence-corrected chi connectivity index (χ3v) is 3.04. The van der Waals surface area contributed by atoms with E-state index in [4.69, 9.17) is 0 Å². The van der Waals surface area contributed by atoms with Crippen LogP contribution >= 0.6 is 0 Å². The minimum absolute atomic E-state index is 0.451. The molecule has 3 rings (SSSR count). The summed E-state index contributed by atoms with van der Waals surface area (Å²) in [7, 11) is 0. The average molecular weight is 197 g/mol. The Morgan fingerprint density at radius 3 is 3.07 bits per heavy atom. The summed E-state index contributed by atoms with van der Waals surface area (Å²) in [6, 6.07) is 5.76. The number of allylic oxidation sites excluding steroid dienone is 1. The smallest absolute Gasteiger partial charge is 0.150 e. The highest BCUT2D eigenvalue weighted by Crippen LogP contribution is 2.34. The zero-order chi connectivity index (χ0) is 10.4. The topological polar surface area (TPSA) is 32.9 Å². The number of aromatic nitrogens is 1. The Bertz CT molecular complexity index is 577. The number of nitrogens with one attached hydrogen (secondary N) is 1. The number of H-pyrrole nitrogens is 1. The molecule has 0 aliphatic heterocycles. The summed E-state index contributed by atoms with van der Waals surface area (Å²) in [5.41, 5.74) is 4.34. The summed E-state index contributed by atoms with van der Waals surface area (Å²) >= 11 is 0. The van der Waals surface area contributed by atoms with Gasteiger partial charge in [0.15, 0.2) is 0 Å². The van der Waals surface area contributed by atoms with Gasteiger partial charge < -0.3 is 4.98 Å². The van der Waals surface area contributed by atoms with Crippen molar-refractivity contribution >= 4 is 23.3 Å². The molecule has 2 aromatic rings. The Labute approximate surface area is 87.6 Å². The number of carbonyl (C=O) groups is 1. The van der Waals surface area contributed by atoms with Gasteiger partial charge in [0.05, 0.1) is 0 Å². The van der Waals surface area contributed by atoms with Crippen LogP contribution in [0.25, 0.3) is 17.0 Å². The second-order valence-electron chi connectivity index (χ2n) is 4.02. The molecule has 0 radical (unpaired) electrons. The lowest BCUT2D eigenvalue weighted by atomic mass is 10.1. The first-order chi connectivity index (χ1) is 7.29. The van der Waals surface area contributed by atoms with Crippen LogP contribution in [0.15, 0.2) is 24.3 Å². The van der Waals surface area contributed by atoms with Crippen LogP contribution in [0.2, 0.25) is 0 Å². The van der Waals surface area contributed by atoms with E-state index in [0.717, 1.165) is 22.8 Å². The number of aromatic amines is 1. The number of aldehydes is 1. The van der Waals surface area contributed by atoms with Crippen molar-refractivity contribution in [3.05, 3.63) is 41.1 Å². The molecule has 15 heavy (non-hydrogen) atoms. The van der Waals surface area contributed by atoms with Crippen LogP contribution in [-0.2, 0) is 0 Å². The van der Waals surface area contributed by atoms with Crippen LogP contribution in [-0.4, -0.2) is 11.3 Å². The van der Waals surface area contributed by atoms with E-state index in [1.54, 1.807) is 0 Å². The van der Waals surface area contributed by atoms with E-state index in [2.05, 4.69) is 24.1 Å². The van der Waals surface area contributed by atoms with Gasteiger partial charge >= 0.3 is 0 Å². The molecule has 1 heterocycles. The van der Waals surface area contributed by atoms with Crippen molar-refractivity contribution in [1.29, 1.82) is 0 Å². The molecular formula is C13H11NO. The maximum atomic E-state index is 10.7. The molecule has 1 aromatic carbocycles. The predicted molar refractivity (Wildman–Crippen MR) is 61.1 cm³/mol. The van der Waals surface area contributed by atoms with Gasteiger partial charge in [-0.15, -0.1) is 0 Å². The van der Waals surface area contributed by atoms with Gasteiger partial charge in [-0.2, -0.15) is 0 Å². The molecule has 0 spiro atoms. The molecule has 1 aliphatic carbocycles. The normalized spacial score (nSPS) is 18.3. The molecule has 1 aromatic heterocycles. The van der Waals surface area contributed by atoms with Crippen LogP contribution in [0.5, 0.6) is 0 Å². The van der Waals surface area contributed by atoms with E-state index in [1.807, 2.05) is 18.2 Å². The van der Waals surface area contributed by atoms with Crippen LogP contribution in [0.1, 0.15) is 34.5 Å². The first-order valence-electron chi connectivity index (χ1n) is 5.08. The minimum atomic E-state index is 0.451. The zero-order valence-corrected chi connectivity index (χ0v) is 8.45. The fourth-order valence-corrected chi connectivity index (χ4v) is 2.20. The molecule has 74 valence electrons. The second kappa shape index (κ2) is 2.83. The highest BCUT2D eigenvalue weighted by atomic mass is 16.1. The molecule has 1 atom stereocenters. The summed E-state index contributed by atoms with van der Waals surface area (Å²) in [6.45, 7) is 2.17. The van der Waals surface area contributed by atoms with Gasteiger partial charge in [0.1, 0.15) is 6.29 Å². The minimum Gasteiger partial charge on any atom is -0.357 e. The van der Waals surface area contributed by atoms with Gasteiger partial charge in [0.25, 0.3) is 0 Å². The first-order valence-corrected chi connectivity index (χ1v) is 5.08. The highest BCUT2D eigenvalue weighted by molar-refractivity contribution is 5.95. The van der Waals surface area contributed by atoms with Crippen molar-refractivity contribution < 1.29 is 4.79 Å². The molecule has 0 amide bonds. The number of carbonyl (C=O) groups excluding carboxylic acids is 1. The molecular weight excluding hydrogens is 186 g/mol. The van der Waals surface area contributed by atoms with Gasteiger partial charge in [-0.1, -0.05) is 19.1 Å². The Balaban J connectivity index is 2.36. The molecule has 0 fully saturated rings. The van der Waals surface area contributed by atoms with Crippen molar-refractivity contribution in [2.75, 3.05) is 0 Å². The summed E-state index contributed by atoms with van der Waals surface area (Å²) in [5, 5.41) is 1.15. The van der Waals surface area contributed by atoms with Crippen molar-refractivity contribution in [3.8, 4) is 0 Å². The SMILES string of the molecule is CC1C=Cc2c1[nH]c1ccc(C=O)cc21. The molecule has 2 heteroatoms. The fraction of sp³-hybridized carbons (Fsp3) is 0.154. The lowest BCUT2D eigenvalue weighted by Gasteiger charge is -1.96.